The standard InChI is InChI=1S/C16H16F3NS/c1-2-8-20-10-11-4-3-5-13(18)16(11)21-15-7-6-12(17)9-14(15)19/h3-7,9,20H,2,8,10H2,1H3. The Bertz CT molecular complexity index is 616. The first-order valence-corrected chi connectivity index (χ1v) is 7.54. The van der Waals surface area contributed by atoms with Crippen molar-refractivity contribution in [3.05, 3.63) is 59.4 Å². The summed E-state index contributed by atoms with van der Waals surface area (Å²) in [5, 5.41) is 3.19. The second-order valence-corrected chi connectivity index (χ2v) is 5.63. The topological polar surface area (TPSA) is 12.0 Å². The molecule has 0 unspecified atom stereocenters. The van der Waals surface area contributed by atoms with E-state index in [9.17, 15) is 13.2 Å². The predicted octanol–water partition coefficient (Wildman–Crippen LogP) is 4.75. The van der Waals surface area contributed by atoms with Gasteiger partial charge in [0.2, 0.25) is 0 Å². The molecule has 5 heteroatoms. The minimum atomic E-state index is -0.685. The van der Waals surface area contributed by atoms with Crippen molar-refractivity contribution in [1.29, 1.82) is 0 Å². The van der Waals surface area contributed by atoms with Gasteiger partial charge in [0, 0.05) is 17.5 Å². The van der Waals surface area contributed by atoms with E-state index in [1.54, 1.807) is 12.1 Å². The molecule has 0 saturated carbocycles. The molecule has 0 spiro atoms. The van der Waals surface area contributed by atoms with Crippen molar-refractivity contribution in [2.24, 2.45) is 0 Å². The zero-order valence-corrected chi connectivity index (χ0v) is 12.4. The maximum absolute atomic E-state index is 14.0. The molecule has 0 aliphatic heterocycles. The molecule has 0 saturated heterocycles. The first-order chi connectivity index (χ1) is 10.1. The lowest BCUT2D eigenvalue weighted by Crippen LogP contribution is -2.14. The first kappa shape index (κ1) is 15.9. The molecular formula is C16H16F3NS. The van der Waals surface area contributed by atoms with Crippen molar-refractivity contribution in [1.82, 2.24) is 5.32 Å². The van der Waals surface area contributed by atoms with Crippen LogP contribution in [0.1, 0.15) is 18.9 Å². The molecule has 0 radical (unpaired) electrons. The monoisotopic (exact) mass is 311 g/mol. The molecule has 112 valence electrons. The fourth-order valence-corrected chi connectivity index (χ4v) is 2.82. The van der Waals surface area contributed by atoms with Crippen LogP contribution in [0.5, 0.6) is 0 Å². The molecule has 0 atom stereocenters. The van der Waals surface area contributed by atoms with E-state index >= 15 is 0 Å². The average Bonchev–Trinajstić information content (AvgIpc) is 2.45. The van der Waals surface area contributed by atoms with Gasteiger partial charge in [0.15, 0.2) is 0 Å². The summed E-state index contributed by atoms with van der Waals surface area (Å²) in [6, 6.07) is 8.07. The van der Waals surface area contributed by atoms with Crippen LogP contribution in [-0.2, 0) is 6.54 Å². The molecule has 0 aliphatic carbocycles. The minimum absolute atomic E-state index is 0.207. The predicted molar refractivity (Wildman–Crippen MR) is 78.9 cm³/mol. The van der Waals surface area contributed by atoms with Gasteiger partial charge in [-0.05, 0) is 36.7 Å². The Kier molecular flexibility index (Phi) is 5.70. The third kappa shape index (κ3) is 4.25. The van der Waals surface area contributed by atoms with E-state index < -0.39 is 17.5 Å². The van der Waals surface area contributed by atoms with Crippen LogP contribution in [0.2, 0.25) is 0 Å². The minimum Gasteiger partial charge on any atom is -0.313 e. The molecule has 0 bridgehead atoms. The van der Waals surface area contributed by atoms with E-state index in [0.717, 1.165) is 36.4 Å². The van der Waals surface area contributed by atoms with Crippen LogP contribution in [-0.4, -0.2) is 6.54 Å². The third-order valence-electron chi connectivity index (χ3n) is 2.90. The van der Waals surface area contributed by atoms with E-state index in [0.29, 0.717) is 11.4 Å². The van der Waals surface area contributed by atoms with Gasteiger partial charge < -0.3 is 5.32 Å². The highest BCUT2D eigenvalue weighted by Gasteiger charge is 2.13. The van der Waals surface area contributed by atoms with Crippen LogP contribution in [0.3, 0.4) is 0 Å². The zero-order chi connectivity index (χ0) is 15.2. The lowest BCUT2D eigenvalue weighted by molar-refractivity contribution is 0.564. The molecule has 0 fully saturated rings. The smallest absolute Gasteiger partial charge is 0.140 e. The van der Waals surface area contributed by atoms with Gasteiger partial charge >= 0.3 is 0 Å². The van der Waals surface area contributed by atoms with Crippen LogP contribution in [0.4, 0.5) is 13.2 Å². The Hall–Kier alpha value is -1.46. The van der Waals surface area contributed by atoms with Gasteiger partial charge in [-0.2, -0.15) is 0 Å². The van der Waals surface area contributed by atoms with Crippen LogP contribution in [0.15, 0.2) is 46.2 Å². The summed E-state index contributed by atoms with van der Waals surface area (Å²) in [7, 11) is 0. The van der Waals surface area contributed by atoms with Gasteiger partial charge in [0.1, 0.15) is 17.5 Å². The summed E-state index contributed by atoms with van der Waals surface area (Å²) in [6.45, 7) is 3.38. The fourth-order valence-electron chi connectivity index (χ4n) is 1.87. The van der Waals surface area contributed by atoms with Gasteiger partial charge in [-0.25, -0.2) is 13.2 Å². The quantitative estimate of drug-likeness (QED) is 0.772. The second kappa shape index (κ2) is 7.52. The highest BCUT2D eigenvalue weighted by atomic mass is 32.2. The van der Waals surface area contributed by atoms with Crippen molar-refractivity contribution < 1.29 is 13.2 Å². The van der Waals surface area contributed by atoms with Crippen molar-refractivity contribution in [2.75, 3.05) is 6.54 Å². The number of hydrogen-bond acceptors (Lipinski definition) is 2. The Labute approximate surface area is 126 Å². The number of rotatable bonds is 6. The summed E-state index contributed by atoms with van der Waals surface area (Å²) in [6.07, 6.45) is 0.977. The molecule has 0 amide bonds. The van der Waals surface area contributed by atoms with Crippen molar-refractivity contribution in [3.63, 3.8) is 0 Å². The lowest BCUT2D eigenvalue weighted by atomic mass is 10.2. The van der Waals surface area contributed by atoms with Gasteiger partial charge in [-0.1, -0.05) is 30.8 Å². The number of halogens is 3. The summed E-state index contributed by atoms with van der Waals surface area (Å²) in [4.78, 5) is 0.574. The normalized spacial score (nSPS) is 10.9. The Morgan fingerprint density at radius 3 is 2.57 bits per heavy atom. The number of nitrogens with one attached hydrogen (secondary N) is 1. The molecular weight excluding hydrogens is 295 g/mol. The summed E-state index contributed by atoms with van der Waals surface area (Å²) in [5.74, 6) is -1.73. The second-order valence-electron chi connectivity index (χ2n) is 4.58. The van der Waals surface area contributed by atoms with Crippen LogP contribution >= 0.6 is 11.8 Å². The van der Waals surface area contributed by atoms with E-state index in [-0.39, 0.29) is 4.90 Å². The zero-order valence-electron chi connectivity index (χ0n) is 11.6. The van der Waals surface area contributed by atoms with Crippen LogP contribution in [0.25, 0.3) is 0 Å². The van der Waals surface area contributed by atoms with Gasteiger partial charge in [0.05, 0.1) is 4.90 Å². The number of hydrogen-bond donors (Lipinski definition) is 1. The van der Waals surface area contributed by atoms with E-state index in [1.807, 2.05) is 6.92 Å². The van der Waals surface area contributed by atoms with Crippen molar-refractivity contribution in [2.45, 2.75) is 29.7 Å². The molecule has 2 aromatic carbocycles. The molecule has 0 aliphatic rings. The van der Waals surface area contributed by atoms with Gasteiger partial charge in [-0.3, -0.25) is 0 Å². The SMILES string of the molecule is CCCNCc1cccc(F)c1Sc1ccc(F)cc1F. The van der Waals surface area contributed by atoms with E-state index in [4.69, 9.17) is 0 Å². The van der Waals surface area contributed by atoms with Gasteiger partial charge in [-0.15, -0.1) is 0 Å². The Morgan fingerprint density at radius 2 is 1.86 bits per heavy atom. The molecule has 1 nitrogen and oxygen atoms in total. The highest BCUT2D eigenvalue weighted by molar-refractivity contribution is 7.99. The van der Waals surface area contributed by atoms with Crippen LogP contribution in [0, 0.1) is 17.5 Å². The lowest BCUT2D eigenvalue weighted by Gasteiger charge is -2.11. The molecule has 2 rings (SSSR count). The Balaban J connectivity index is 2.25. The van der Waals surface area contributed by atoms with Gasteiger partial charge in [0.25, 0.3) is 0 Å². The van der Waals surface area contributed by atoms with Crippen molar-refractivity contribution >= 4 is 11.8 Å². The molecule has 0 aromatic heterocycles. The summed E-state index contributed by atoms with van der Waals surface area (Å²) >= 11 is 0.978. The highest BCUT2D eigenvalue weighted by Crippen LogP contribution is 2.34. The first-order valence-electron chi connectivity index (χ1n) is 6.73. The molecule has 0 heterocycles. The maximum atomic E-state index is 14.0. The van der Waals surface area contributed by atoms with Crippen molar-refractivity contribution in [3.8, 4) is 0 Å². The third-order valence-corrected chi connectivity index (χ3v) is 4.11. The van der Waals surface area contributed by atoms with E-state index in [1.165, 1.54) is 18.2 Å². The van der Waals surface area contributed by atoms with Crippen LogP contribution < -0.4 is 5.32 Å². The van der Waals surface area contributed by atoms with E-state index in [2.05, 4.69) is 5.32 Å². The number of benzene rings is 2. The average molecular weight is 311 g/mol. The summed E-state index contributed by atoms with van der Waals surface area (Å²) < 4.78 is 40.6. The molecule has 1 N–H and O–H groups in total. The Morgan fingerprint density at radius 1 is 1.05 bits per heavy atom. The largest absolute Gasteiger partial charge is 0.313 e. The molecule has 21 heavy (non-hydrogen) atoms. The molecule has 2 aromatic rings. The summed E-state index contributed by atoms with van der Waals surface area (Å²) in [5.41, 5.74) is 0.761. The maximum Gasteiger partial charge on any atom is 0.140 e. The fraction of sp³-hybridized carbons (Fsp3) is 0.250.